The molecule has 0 N–H and O–H groups in total. The number of aromatic nitrogens is 1. The Hall–Kier alpha value is -1.89. The molecule has 0 spiro atoms. The number of esters is 1. The molecule has 4 heteroatoms. The van der Waals surface area contributed by atoms with E-state index in [4.69, 9.17) is 10.00 Å². The van der Waals surface area contributed by atoms with Gasteiger partial charge in [-0.3, -0.25) is 4.79 Å². The lowest BCUT2D eigenvalue weighted by atomic mass is 10.3. The second kappa shape index (κ2) is 4.21. The highest BCUT2D eigenvalue weighted by molar-refractivity contribution is 5.71. The van der Waals surface area contributed by atoms with Crippen LogP contribution in [0.5, 0.6) is 5.88 Å². The van der Waals surface area contributed by atoms with Gasteiger partial charge >= 0.3 is 5.97 Å². The van der Waals surface area contributed by atoms with Crippen molar-refractivity contribution in [1.82, 2.24) is 4.98 Å². The minimum atomic E-state index is -0.336. The Labute approximate surface area is 75.8 Å². The van der Waals surface area contributed by atoms with Gasteiger partial charge in [-0.15, -0.1) is 0 Å². The predicted molar refractivity (Wildman–Crippen MR) is 44.9 cm³/mol. The number of rotatable bonds is 2. The summed E-state index contributed by atoms with van der Waals surface area (Å²) in [5, 5.41) is 8.46. The molecular weight excluding hydrogens is 168 g/mol. The first-order valence-corrected chi connectivity index (χ1v) is 3.83. The number of carbonyl (C=O) groups is 1. The van der Waals surface area contributed by atoms with Gasteiger partial charge in [0.1, 0.15) is 6.07 Å². The third kappa shape index (κ3) is 2.56. The predicted octanol–water partition coefficient (Wildman–Crippen LogP) is 1.27. The van der Waals surface area contributed by atoms with Crippen molar-refractivity contribution in [2.24, 2.45) is 0 Å². The van der Waals surface area contributed by atoms with E-state index >= 15 is 0 Å². The first kappa shape index (κ1) is 9.20. The molecule has 1 aromatic rings. The molecule has 0 unspecified atom stereocenters. The topological polar surface area (TPSA) is 63.0 Å². The number of ether oxygens (including phenoxy) is 1. The average molecular weight is 176 g/mol. The molecule has 1 aromatic heterocycles. The lowest BCUT2D eigenvalue weighted by Crippen LogP contribution is -2.06. The Kier molecular flexibility index (Phi) is 2.98. The molecule has 0 aromatic carbocycles. The van der Waals surface area contributed by atoms with Crippen LogP contribution in [0.1, 0.15) is 18.9 Å². The highest BCUT2D eigenvalue weighted by Crippen LogP contribution is 2.07. The average Bonchev–Trinajstić information content (AvgIpc) is 2.19. The van der Waals surface area contributed by atoms with Gasteiger partial charge in [-0.05, 0) is 6.07 Å². The summed E-state index contributed by atoms with van der Waals surface area (Å²) in [6.07, 6.45) is 1.67. The standard InChI is InChI=1S/C9H8N2O2/c1-2-9(12)13-8-4-3-7(5-10)6-11-8/h3-4,6H,2H2,1H3. The van der Waals surface area contributed by atoms with E-state index < -0.39 is 0 Å². The van der Waals surface area contributed by atoms with Crippen LogP contribution in [0, 0.1) is 11.3 Å². The third-order valence-electron chi connectivity index (χ3n) is 1.37. The van der Waals surface area contributed by atoms with Crippen molar-refractivity contribution in [3.8, 4) is 11.9 Å². The van der Waals surface area contributed by atoms with Gasteiger partial charge in [-0.25, -0.2) is 4.98 Å². The zero-order chi connectivity index (χ0) is 9.68. The van der Waals surface area contributed by atoms with Crippen LogP contribution in [0.15, 0.2) is 18.3 Å². The number of pyridine rings is 1. The van der Waals surface area contributed by atoms with Gasteiger partial charge in [0.05, 0.1) is 5.56 Å². The van der Waals surface area contributed by atoms with Gasteiger partial charge in [0.25, 0.3) is 0 Å². The SMILES string of the molecule is CCC(=O)Oc1ccc(C#N)cn1. The minimum Gasteiger partial charge on any atom is -0.407 e. The Morgan fingerprint density at radius 3 is 2.92 bits per heavy atom. The molecule has 13 heavy (non-hydrogen) atoms. The highest BCUT2D eigenvalue weighted by Gasteiger charge is 2.01. The van der Waals surface area contributed by atoms with Gasteiger partial charge in [-0.1, -0.05) is 6.92 Å². The number of hydrogen-bond acceptors (Lipinski definition) is 4. The minimum absolute atomic E-state index is 0.228. The second-order valence-corrected chi connectivity index (χ2v) is 2.32. The molecule has 4 nitrogen and oxygen atoms in total. The fourth-order valence-corrected chi connectivity index (χ4v) is 0.696. The largest absolute Gasteiger partial charge is 0.407 e. The summed E-state index contributed by atoms with van der Waals surface area (Å²) >= 11 is 0. The molecule has 1 heterocycles. The van der Waals surface area contributed by atoms with Gasteiger partial charge < -0.3 is 4.74 Å². The maximum atomic E-state index is 10.8. The van der Waals surface area contributed by atoms with E-state index in [1.807, 2.05) is 6.07 Å². The molecule has 66 valence electrons. The summed E-state index contributed by atoms with van der Waals surface area (Å²) in [6, 6.07) is 4.96. The lowest BCUT2D eigenvalue weighted by Gasteiger charge is -1.99. The summed E-state index contributed by atoms with van der Waals surface area (Å²) in [6.45, 7) is 1.70. The number of carbonyl (C=O) groups excluding carboxylic acids is 1. The fraction of sp³-hybridized carbons (Fsp3) is 0.222. The first-order valence-electron chi connectivity index (χ1n) is 3.83. The van der Waals surface area contributed by atoms with Crippen molar-refractivity contribution in [3.63, 3.8) is 0 Å². The van der Waals surface area contributed by atoms with Crippen LogP contribution in [-0.4, -0.2) is 11.0 Å². The normalized spacial score (nSPS) is 8.92. The van der Waals surface area contributed by atoms with Crippen LogP contribution in [0.3, 0.4) is 0 Å². The van der Waals surface area contributed by atoms with Crippen LogP contribution >= 0.6 is 0 Å². The first-order chi connectivity index (χ1) is 6.26. The van der Waals surface area contributed by atoms with Crippen LogP contribution in [0.2, 0.25) is 0 Å². The summed E-state index contributed by atoms with van der Waals surface area (Å²) in [4.78, 5) is 14.6. The smallest absolute Gasteiger partial charge is 0.312 e. The van der Waals surface area contributed by atoms with E-state index in [2.05, 4.69) is 4.98 Å². The Morgan fingerprint density at radius 1 is 1.69 bits per heavy atom. The fourth-order valence-electron chi connectivity index (χ4n) is 0.696. The molecule has 0 aliphatic heterocycles. The van der Waals surface area contributed by atoms with Gasteiger partial charge in [-0.2, -0.15) is 5.26 Å². The molecular formula is C9H8N2O2. The van der Waals surface area contributed by atoms with Crippen molar-refractivity contribution in [2.45, 2.75) is 13.3 Å². The van der Waals surface area contributed by atoms with Crippen molar-refractivity contribution in [2.75, 3.05) is 0 Å². The van der Waals surface area contributed by atoms with Crippen molar-refractivity contribution >= 4 is 5.97 Å². The highest BCUT2D eigenvalue weighted by atomic mass is 16.5. The monoisotopic (exact) mass is 176 g/mol. The Morgan fingerprint density at radius 2 is 2.46 bits per heavy atom. The van der Waals surface area contributed by atoms with Crippen LogP contribution in [0.4, 0.5) is 0 Å². The molecule has 0 atom stereocenters. The van der Waals surface area contributed by atoms with E-state index in [0.717, 1.165) is 0 Å². The Balaban J connectivity index is 2.71. The number of hydrogen-bond donors (Lipinski definition) is 0. The molecule has 0 saturated heterocycles. The van der Waals surface area contributed by atoms with E-state index in [0.29, 0.717) is 12.0 Å². The van der Waals surface area contributed by atoms with E-state index in [1.165, 1.54) is 12.3 Å². The number of nitrogens with zero attached hydrogens (tertiary/aromatic N) is 2. The quantitative estimate of drug-likeness (QED) is 0.636. The third-order valence-corrected chi connectivity index (χ3v) is 1.37. The molecule has 0 bridgehead atoms. The van der Waals surface area contributed by atoms with Crippen molar-refractivity contribution in [3.05, 3.63) is 23.9 Å². The van der Waals surface area contributed by atoms with Crippen LogP contribution < -0.4 is 4.74 Å². The summed E-state index contributed by atoms with van der Waals surface area (Å²) in [5.74, 6) is -0.108. The summed E-state index contributed by atoms with van der Waals surface area (Å²) < 4.78 is 4.80. The maximum Gasteiger partial charge on any atom is 0.312 e. The van der Waals surface area contributed by atoms with E-state index in [9.17, 15) is 4.79 Å². The van der Waals surface area contributed by atoms with Crippen molar-refractivity contribution in [1.29, 1.82) is 5.26 Å². The maximum absolute atomic E-state index is 10.8. The van der Waals surface area contributed by atoms with Gasteiger partial charge in [0, 0.05) is 18.7 Å². The summed E-state index contributed by atoms with van der Waals surface area (Å²) in [7, 11) is 0. The zero-order valence-electron chi connectivity index (χ0n) is 7.15. The van der Waals surface area contributed by atoms with E-state index in [1.54, 1.807) is 13.0 Å². The van der Waals surface area contributed by atoms with Gasteiger partial charge in [0.2, 0.25) is 5.88 Å². The summed E-state index contributed by atoms with van der Waals surface area (Å²) in [5.41, 5.74) is 0.441. The van der Waals surface area contributed by atoms with Gasteiger partial charge in [0.15, 0.2) is 0 Å². The van der Waals surface area contributed by atoms with Crippen molar-refractivity contribution < 1.29 is 9.53 Å². The molecule has 0 aliphatic rings. The Bertz CT molecular complexity index is 338. The second-order valence-electron chi connectivity index (χ2n) is 2.32. The molecule has 1 rings (SSSR count). The molecule has 0 radical (unpaired) electrons. The lowest BCUT2D eigenvalue weighted by molar-refractivity contribution is -0.134. The van der Waals surface area contributed by atoms with Crippen LogP contribution in [-0.2, 0) is 4.79 Å². The molecule has 0 amide bonds. The number of nitriles is 1. The van der Waals surface area contributed by atoms with Crippen LogP contribution in [0.25, 0.3) is 0 Å². The zero-order valence-corrected chi connectivity index (χ0v) is 7.15. The molecule has 0 fully saturated rings. The van der Waals surface area contributed by atoms with E-state index in [-0.39, 0.29) is 11.8 Å². The molecule has 0 aliphatic carbocycles. The molecule has 0 saturated carbocycles.